The van der Waals surface area contributed by atoms with E-state index >= 15 is 0 Å². The van der Waals surface area contributed by atoms with Gasteiger partial charge >= 0.3 is 0 Å². The first-order valence-electron chi connectivity index (χ1n) is 7.95. The molecule has 0 saturated heterocycles. The molecule has 1 amide bonds. The summed E-state index contributed by atoms with van der Waals surface area (Å²) in [4.78, 5) is 15.2. The van der Waals surface area contributed by atoms with Crippen LogP contribution in [0.4, 0.5) is 5.69 Å². The summed E-state index contributed by atoms with van der Waals surface area (Å²) in [5.74, 6) is 0.291. The van der Waals surface area contributed by atoms with E-state index in [1.165, 1.54) is 12.8 Å². The number of hydrogen-bond donors (Lipinski definition) is 1. The average molecular weight is 284 g/mol. The second kappa shape index (κ2) is 5.55. The number of nitrogens with two attached hydrogens (primary N) is 1. The second-order valence-electron chi connectivity index (χ2n) is 6.39. The van der Waals surface area contributed by atoms with Crippen molar-refractivity contribution in [2.75, 3.05) is 12.3 Å². The lowest BCUT2D eigenvalue weighted by Crippen LogP contribution is -2.44. The Hall–Kier alpha value is -1.77. The van der Waals surface area contributed by atoms with E-state index in [1.54, 1.807) is 0 Å². The Bertz CT molecular complexity index is 525. The molecule has 0 atom stereocenters. The molecule has 2 aliphatic rings. The minimum Gasteiger partial charge on any atom is -0.399 e. The second-order valence-corrected chi connectivity index (χ2v) is 6.39. The Kier molecular flexibility index (Phi) is 3.75. The van der Waals surface area contributed by atoms with Crippen LogP contribution in [0.3, 0.4) is 0 Å². The zero-order valence-electron chi connectivity index (χ0n) is 12.6. The first-order chi connectivity index (χ1) is 10.2. The third-order valence-corrected chi connectivity index (χ3v) is 4.97. The van der Waals surface area contributed by atoms with Crippen molar-refractivity contribution in [1.82, 2.24) is 4.90 Å². The fraction of sp³-hybridized carbons (Fsp3) is 0.500. The highest BCUT2D eigenvalue weighted by Crippen LogP contribution is 2.50. The van der Waals surface area contributed by atoms with Gasteiger partial charge in [0.1, 0.15) is 0 Å². The van der Waals surface area contributed by atoms with Gasteiger partial charge in [0, 0.05) is 18.3 Å². The fourth-order valence-corrected chi connectivity index (χ4v) is 3.58. The monoisotopic (exact) mass is 284 g/mol. The standard InChI is InChI=1S/C18H24N2O/c1-2-13-20(16-5-3-4-6-16)17(21)18(11-12-18)14-7-9-15(19)10-8-14/h2,7-10,16H,1,3-6,11-13,19H2. The number of benzene rings is 1. The maximum absolute atomic E-state index is 13.1. The molecule has 1 aromatic rings. The summed E-state index contributed by atoms with van der Waals surface area (Å²) < 4.78 is 0. The molecule has 21 heavy (non-hydrogen) atoms. The first-order valence-corrected chi connectivity index (χ1v) is 7.95. The number of nitrogens with zero attached hydrogens (tertiary/aromatic N) is 1. The van der Waals surface area contributed by atoms with Crippen molar-refractivity contribution in [1.29, 1.82) is 0 Å². The molecule has 0 heterocycles. The van der Waals surface area contributed by atoms with Crippen LogP contribution in [0.5, 0.6) is 0 Å². The maximum atomic E-state index is 13.1. The van der Waals surface area contributed by atoms with Crippen molar-refractivity contribution in [3.05, 3.63) is 42.5 Å². The minimum atomic E-state index is -0.292. The van der Waals surface area contributed by atoms with Gasteiger partial charge in [0.15, 0.2) is 0 Å². The molecule has 1 aromatic carbocycles. The summed E-state index contributed by atoms with van der Waals surface area (Å²) in [7, 11) is 0. The SMILES string of the molecule is C=CCN(C(=O)C1(c2ccc(N)cc2)CC1)C1CCCC1. The maximum Gasteiger partial charge on any atom is 0.233 e. The van der Waals surface area contributed by atoms with E-state index in [2.05, 4.69) is 11.5 Å². The van der Waals surface area contributed by atoms with Gasteiger partial charge in [0.2, 0.25) is 5.91 Å². The highest BCUT2D eigenvalue weighted by Gasteiger charge is 2.53. The number of carbonyl (C=O) groups is 1. The summed E-state index contributed by atoms with van der Waals surface area (Å²) in [6, 6.07) is 8.23. The summed E-state index contributed by atoms with van der Waals surface area (Å²) in [6.07, 6.45) is 8.51. The number of nitrogen functional groups attached to an aromatic ring is 1. The Morgan fingerprint density at radius 3 is 2.43 bits per heavy atom. The van der Waals surface area contributed by atoms with Gasteiger partial charge in [0.25, 0.3) is 0 Å². The van der Waals surface area contributed by atoms with Gasteiger partial charge in [-0.05, 0) is 43.4 Å². The molecule has 112 valence electrons. The lowest BCUT2D eigenvalue weighted by atomic mass is 9.93. The number of rotatable bonds is 5. The Labute approximate surface area is 126 Å². The highest BCUT2D eigenvalue weighted by atomic mass is 16.2. The van der Waals surface area contributed by atoms with Gasteiger partial charge in [-0.15, -0.1) is 6.58 Å². The van der Waals surface area contributed by atoms with Crippen LogP contribution in [-0.2, 0) is 10.2 Å². The topological polar surface area (TPSA) is 46.3 Å². The molecule has 0 aromatic heterocycles. The van der Waals surface area contributed by atoms with Crippen molar-refractivity contribution in [3.8, 4) is 0 Å². The van der Waals surface area contributed by atoms with Crippen molar-refractivity contribution in [3.63, 3.8) is 0 Å². The van der Waals surface area contributed by atoms with Crippen LogP contribution < -0.4 is 5.73 Å². The summed E-state index contributed by atoms with van der Waals surface area (Å²) >= 11 is 0. The summed E-state index contributed by atoms with van der Waals surface area (Å²) in [6.45, 7) is 4.50. The van der Waals surface area contributed by atoms with Crippen molar-refractivity contribution >= 4 is 11.6 Å². The largest absolute Gasteiger partial charge is 0.399 e. The van der Waals surface area contributed by atoms with Crippen LogP contribution in [-0.4, -0.2) is 23.4 Å². The Morgan fingerprint density at radius 2 is 1.90 bits per heavy atom. The number of amides is 1. The van der Waals surface area contributed by atoms with Crippen LogP contribution in [0.1, 0.15) is 44.1 Å². The van der Waals surface area contributed by atoms with Crippen LogP contribution in [0.15, 0.2) is 36.9 Å². The highest BCUT2D eigenvalue weighted by molar-refractivity contribution is 5.91. The average Bonchev–Trinajstić information content (AvgIpc) is 3.13. The third kappa shape index (κ3) is 2.57. The number of hydrogen-bond acceptors (Lipinski definition) is 2. The van der Waals surface area contributed by atoms with E-state index < -0.39 is 0 Å². The van der Waals surface area contributed by atoms with Crippen LogP contribution in [0.25, 0.3) is 0 Å². The smallest absolute Gasteiger partial charge is 0.233 e. The van der Waals surface area contributed by atoms with Crippen molar-refractivity contribution in [2.24, 2.45) is 0 Å². The number of anilines is 1. The van der Waals surface area contributed by atoms with E-state index in [0.29, 0.717) is 18.5 Å². The van der Waals surface area contributed by atoms with Gasteiger partial charge in [-0.1, -0.05) is 31.1 Å². The lowest BCUT2D eigenvalue weighted by Gasteiger charge is -2.32. The van der Waals surface area contributed by atoms with E-state index in [4.69, 9.17) is 5.73 Å². The van der Waals surface area contributed by atoms with Crippen LogP contribution >= 0.6 is 0 Å². The van der Waals surface area contributed by atoms with Gasteiger partial charge < -0.3 is 10.6 Å². The van der Waals surface area contributed by atoms with Crippen LogP contribution in [0.2, 0.25) is 0 Å². The van der Waals surface area contributed by atoms with E-state index in [0.717, 1.165) is 36.9 Å². The zero-order valence-corrected chi connectivity index (χ0v) is 12.6. The summed E-state index contributed by atoms with van der Waals surface area (Å²) in [5.41, 5.74) is 7.34. The fourth-order valence-electron chi connectivity index (χ4n) is 3.58. The molecule has 2 fully saturated rings. The molecular weight excluding hydrogens is 260 g/mol. The Morgan fingerprint density at radius 1 is 1.29 bits per heavy atom. The van der Waals surface area contributed by atoms with Gasteiger partial charge in [-0.25, -0.2) is 0 Å². The molecule has 2 N–H and O–H groups in total. The van der Waals surface area contributed by atoms with Crippen molar-refractivity contribution < 1.29 is 4.79 Å². The minimum absolute atomic E-state index is 0.291. The summed E-state index contributed by atoms with van der Waals surface area (Å²) in [5, 5.41) is 0. The molecule has 2 aliphatic carbocycles. The third-order valence-electron chi connectivity index (χ3n) is 4.97. The predicted octanol–water partition coefficient (Wildman–Crippen LogP) is 3.26. The zero-order chi connectivity index (χ0) is 14.9. The van der Waals surface area contributed by atoms with E-state index in [9.17, 15) is 4.79 Å². The molecule has 0 aliphatic heterocycles. The quantitative estimate of drug-likeness (QED) is 0.666. The van der Waals surface area contributed by atoms with E-state index in [1.807, 2.05) is 30.3 Å². The molecule has 0 unspecified atom stereocenters. The Balaban J connectivity index is 1.84. The molecule has 0 bridgehead atoms. The first kappa shape index (κ1) is 14.2. The molecule has 3 heteroatoms. The molecular formula is C18H24N2O. The molecule has 3 rings (SSSR count). The molecule has 2 saturated carbocycles. The molecule has 3 nitrogen and oxygen atoms in total. The van der Waals surface area contributed by atoms with Gasteiger partial charge in [-0.3, -0.25) is 4.79 Å². The van der Waals surface area contributed by atoms with E-state index in [-0.39, 0.29) is 5.41 Å². The molecule has 0 radical (unpaired) electrons. The molecule has 0 spiro atoms. The van der Waals surface area contributed by atoms with Crippen LogP contribution in [0, 0.1) is 0 Å². The lowest BCUT2D eigenvalue weighted by molar-refractivity contribution is -0.135. The van der Waals surface area contributed by atoms with Crippen molar-refractivity contribution in [2.45, 2.75) is 50.0 Å². The van der Waals surface area contributed by atoms with Gasteiger partial charge in [0.05, 0.1) is 5.41 Å². The van der Waals surface area contributed by atoms with Gasteiger partial charge in [-0.2, -0.15) is 0 Å². The normalized spacial score (nSPS) is 20.2. The predicted molar refractivity (Wildman–Crippen MR) is 85.9 cm³/mol. The number of carbonyl (C=O) groups excluding carboxylic acids is 1.